The molecule has 0 aliphatic heterocycles. The molecule has 0 radical (unpaired) electrons. The zero-order valence-corrected chi connectivity index (χ0v) is 9.37. The van der Waals surface area contributed by atoms with Gasteiger partial charge in [-0.2, -0.15) is 5.26 Å². The van der Waals surface area contributed by atoms with Crippen LogP contribution in [0.4, 0.5) is 8.78 Å². The summed E-state index contributed by atoms with van der Waals surface area (Å²) >= 11 is 0. The van der Waals surface area contributed by atoms with Crippen LogP contribution in [0.15, 0.2) is 36.0 Å². The SMILES string of the molecule is CC/C=C(C#N)\C(=C/N)c1ccc(F)cc1F. The summed E-state index contributed by atoms with van der Waals surface area (Å²) in [5.41, 5.74) is 6.07. The summed E-state index contributed by atoms with van der Waals surface area (Å²) in [6, 6.07) is 5.11. The first-order valence-electron chi connectivity index (χ1n) is 5.12. The van der Waals surface area contributed by atoms with Crippen molar-refractivity contribution in [2.75, 3.05) is 0 Å². The lowest BCUT2D eigenvalue weighted by Gasteiger charge is -2.07. The standard InChI is InChI=1S/C13H12F2N2/c1-2-3-9(7-16)12(8-17)11-5-4-10(14)6-13(11)15/h3-6,8H,2,17H2,1H3/b9-3-,12-8+. The van der Waals surface area contributed by atoms with E-state index < -0.39 is 11.6 Å². The molecule has 88 valence electrons. The minimum atomic E-state index is -0.737. The lowest BCUT2D eigenvalue weighted by Crippen LogP contribution is -1.97. The second-order valence-corrected chi connectivity index (χ2v) is 3.34. The molecule has 2 nitrogen and oxygen atoms in total. The molecule has 0 saturated carbocycles. The van der Waals surface area contributed by atoms with Crippen LogP contribution in [-0.4, -0.2) is 0 Å². The normalized spacial score (nSPS) is 12.4. The molecule has 4 heteroatoms. The van der Waals surface area contributed by atoms with Crippen molar-refractivity contribution in [3.05, 3.63) is 53.2 Å². The summed E-state index contributed by atoms with van der Waals surface area (Å²) in [5.74, 6) is -1.40. The molecule has 0 aliphatic rings. The van der Waals surface area contributed by atoms with Crippen molar-refractivity contribution >= 4 is 5.57 Å². The van der Waals surface area contributed by atoms with Gasteiger partial charge in [-0.25, -0.2) is 8.78 Å². The highest BCUT2D eigenvalue weighted by atomic mass is 19.1. The number of benzene rings is 1. The van der Waals surface area contributed by atoms with Crippen LogP contribution in [-0.2, 0) is 0 Å². The van der Waals surface area contributed by atoms with Crippen molar-refractivity contribution in [3.63, 3.8) is 0 Å². The quantitative estimate of drug-likeness (QED) is 0.645. The number of hydrogen-bond acceptors (Lipinski definition) is 2. The smallest absolute Gasteiger partial charge is 0.134 e. The van der Waals surface area contributed by atoms with E-state index in [1.807, 2.05) is 13.0 Å². The molecule has 0 saturated heterocycles. The van der Waals surface area contributed by atoms with E-state index >= 15 is 0 Å². The van der Waals surface area contributed by atoms with Gasteiger partial charge in [0.1, 0.15) is 11.6 Å². The predicted molar refractivity (Wildman–Crippen MR) is 62.5 cm³/mol. The minimum absolute atomic E-state index is 0.121. The fraction of sp³-hybridized carbons (Fsp3) is 0.154. The Hall–Kier alpha value is -2.15. The van der Waals surface area contributed by atoms with E-state index in [0.717, 1.165) is 18.3 Å². The molecule has 0 atom stereocenters. The molecule has 0 aliphatic carbocycles. The van der Waals surface area contributed by atoms with Crippen LogP contribution in [0.25, 0.3) is 5.57 Å². The monoisotopic (exact) mass is 234 g/mol. The number of allylic oxidation sites excluding steroid dienone is 3. The Bertz CT molecular complexity index is 511. The Morgan fingerprint density at radius 2 is 2.18 bits per heavy atom. The molecule has 0 amide bonds. The lowest BCUT2D eigenvalue weighted by atomic mass is 9.98. The van der Waals surface area contributed by atoms with Crippen LogP contribution < -0.4 is 5.73 Å². The molecule has 0 fully saturated rings. The van der Waals surface area contributed by atoms with Crippen molar-refractivity contribution in [3.8, 4) is 6.07 Å². The van der Waals surface area contributed by atoms with Gasteiger partial charge in [0.15, 0.2) is 0 Å². The zero-order valence-electron chi connectivity index (χ0n) is 9.37. The molecular formula is C13H12F2N2. The van der Waals surface area contributed by atoms with Crippen molar-refractivity contribution < 1.29 is 8.78 Å². The van der Waals surface area contributed by atoms with Crippen LogP contribution in [0.2, 0.25) is 0 Å². The van der Waals surface area contributed by atoms with Crippen LogP contribution in [0.1, 0.15) is 18.9 Å². The van der Waals surface area contributed by atoms with Crippen LogP contribution in [0.3, 0.4) is 0 Å². The first-order valence-corrected chi connectivity index (χ1v) is 5.12. The van der Waals surface area contributed by atoms with Gasteiger partial charge < -0.3 is 5.73 Å². The number of nitrogens with zero attached hydrogens (tertiary/aromatic N) is 1. The first-order chi connectivity index (χ1) is 8.13. The molecule has 0 heterocycles. The first kappa shape index (κ1) is 12.9. The highest BCUT2D eigenvalue weighted by molar-refractivity contribution is 5.82. The fourth-order valence-corrected chi connectivity index (χ4v) is 1.45. The van der Waals surface area contributed by atoms with Gasteiger partial charge in [-0.1, -0.05) is 13.0 Å². The van der Waals surface area contributed by atoms with E-state index in [-0.39, 0.29) is 16.7 Å². The Morgan fingerprint density at radius 1 is 1.47 bits per heavy atom. The van der Waals surface area contributed by atoms with Crippen molar-refractivity contribution in [1.29, 1.82) is 5.26 Å². The second kappa shape index (κ2) is 5.80. The summed E-state index contributed by atoms with van der Waals surface area (Å²) in [5, 5.41) is 8.95. The van der Waals surface area contributed by atoms with Gasteiger partial charge in [-0.05, 0) is 18.6 Å². The summed E-state index contributed by atoms with van der Waals surface area (Å²) in [7, 11) is 0. The van der Waals surface area contributed by atoms with Crippen molar-refractivity contribution in [2.24, 2.45) is 5.73 Å². The van der Waals surface area contributed by atoms with E-state index in [4.69, 9.17) is 11.0 Å². The number of nitrogens with two attached hydrogens (primary N) is 1. The molecule has 0 bridgehead atoms. The largest absolute Gasteiger partial charge is 0.404 e. The number of rotatable bonds is 3. The fourth-order valence-electron chi connectivity index (χ4n) is 1.45. The molecule has 0 spiro atoms. The van der Waals surface area contributed by atoms with Crippen molar-refractivity contribution in [1.82, 2.24) is 0 Å². The van der Waals surface area contributed by atoms with Gasteiger partial charge in [0.05, 0.1) is 11.6 Å². The van der Waals surface area contributed by atoms with Gasteiger partial charge in [0.25, 0.3) is 0 Å². The number of hydrogen-bond donors (Lipinski definition) is 1. The van der Waals surface area contributed by atoms with Gasteiger partial charge >= 0.3 is 0 Å². The van der Waals surface area contributed by atoms with E-state index in [1.54, 1.807) is 6.08 Å². The molecular weight excluding hydrogens is 222 g/mol. The predicted octanol–water partition coefficient (Wildman–Crippen LogP) is 3.12. The Balaban J connectivity index is 3.30. The third-order valence-electron chi connectivity index (χ3n) is 2.21. The maximum atomic E-state index is 13.6. The Morgan fingerprint density at radius 3 is 2.65 bits per heavy atom. The third kappa shape index (κ3) is 2.91. The van der Waals surface area contributed by atoms with E-state index in [0.29, 0.717) is 6.42 Å². The molecule has 1 aromatic rings. The molecule has 2 N–H and O–H groups in total. The topological polar surface area (TPSA) is 49.8 Å². The number of nitriles is 1. The summed E-state index contributed by atoms with van der Waals surface area (Å²) < 4.78 is 26.3. The van der Waals surface area contributed by atoms with Gasteiger partial charge in [0.2, 0.25) is 0 Å². The average molecular weight is 234 g/mol. The van der Waals surface area contributed by atoms with Crippen molar-refractivity contribution in [2.45, 2.75) is 13.3 Å². The Kier molecular flexibility index (Phi) is 4.41. The maximum Gasteiger partial charge on any atom is 0.134 e. The second-order valence-electron chi connectivity index (χ2n) is 3.34. The van der Waals surface area contributed by atoms with Crippen LogP contribution in [0.5, 0.6) is 0 Å². The molecule has 1 rings (SSSR count). The Labute approximate surface area is 98.7 Å². The van der Waals surface area contributed by atoms with Gasteiger partial charge in [-0.15, -0.1) is 0 Å². The summed E-state index contributed by atoms with van der Waals surface area (Å²) in [4.78, 5) is 0. The zero-order chi connectivity index (χ0) is 12.8. The molecule has 17 heavy (non-hydrogen) atoms. The van der Waals surface area contributed by atoms with Crippen LogP contribution >= 0.6 is 0 Å². The maximum absolute atomic E-state index is 13.6. The van der Waals surface area contributed by atoms with Gasteiger partial charge in [-0.3, -0.25) is 0 Å². The minimum Gasteiger partial charge on any atom is -0.404 e. The molecule has 1 aromatic carbocycles. The summed E-state index contributed by atoms with van der Waals surface area (Å²) in [6.45, 7) is 1.85. The van der Waals surface area contributed by atoms with E-state index in [1.165, 1.54) is 6.07 Å². The highest BCUT2D eigenvalue weighted by Gasteiger charge is 2.12. The molecule has 0 unspecified atom stereocenters. The summed E-state index contributed by atoms with van der Waals surface area (Å²) in [6.07, 6.45) is 3.42. The highest BCUT2D eigenvalue weighted by Crippen LogP contribution is 2.25. The average Bonchev–Trinajstić information content (AvgIpc) is 2.31. The lowest BCUT2D eigenvalue weighted by molar-refractivity contribution is 0.581. The van der Waals surface area contributed by atoms with Crippen LogP contribution in [0, 0.1) is 23.0 Å². The van der Waals surface area contributed by atoms with E-state index in [9.17, 15) is 8.78 Å². The van der Waals surface area contributed by atoms with Gasteiger partial charge in [0, 0.05) is 23.4 Å². The number of halogens is 2. The van der Waals surface area contributed by atoms with E-state index in [2.05, 4.69) is 0 Å². The third-order valence-corrected chi connectivity index (χ3v) is 2.21. The molecule has 0 aromatic heterocycles.